The SMILES string of the molecule is Cc1cc(Cl)c(C(O)(Cn2ncn(C(=O)c3ccccc3)c2=S)C(c2ccccc2Cl)C2CC2)cc1F. The Labute approximate surface area is 229 Å². The summed E-state index contributed by atoms with van der Waals surface area (Å²) in [5.74, 6) is -1.25. The maximum absolute atomic E-state index is 14.9. The molecule has 9 heteroatoms. The Morgan fingerprint density at radius 3 is 2.49 bits per heavy atom. The van der Waals surface area contributed by atoms with Gasteiger partial charge in [0.05, 0.1) is 6.54 Å². The van der Waals surface area contributed by atoms with Crippen LogP contribution in [0.2, 0.25) is 10.0 Å². The summed E-state index contributed by atoms with van der Waals surface area (Å²) in [6.07, 6.45) is 3.07. The van der Waals surface area contributed by atoms with Gasteiger partial charge in [-0.2, -0.15) is 5.10 Å². The molecule has 4 aromatic rings. The molecule has 0 amide bonds. The van der Waals surface area contributed by atoms with Crippen molar-refractivity contribution in [3.05, 3.63) is 116 Å². The summed E-state index contributed by atoms with van der Waals surface area (Å²) in [6.45, 7) is 1.46. The number of carbonyl (C=O) groups excluding carboxylic acids is 1. The van der Waals surface area contributed by atoms with Crippen LogP contribution in [0.25, 0.3) is 0 Å². The minimum absolute atomic E-state index is 0.0903. The standard InChI is InChI=1S/C28H24Cl2FN3O2S/c1-17-13-23(30)21(14-24(17)31)28(36,25(18-11-12-18)20-9-5-6-10-22(20)29)15-34-27(37)33(16-32-34)26(35)19-7-3-2-4-8-19/h2-10,13-14,16,18,25,36H,11-12,15H2,1H3. The smallest absolute Gasteiger partial charge is 0.265 e. The molecule has 1 N–H and O–H groups in total. The molecule has 5 rings (SSSR count). The van der Waals surface area contributed by atoms with Crippen LogP contribution in [0.4, 0.5) is 4.39 Å². The number of carbonyl (C=O) groups is 1. The molecule has 1 aliphatic carbocycles. The summed E-state index contributed by atoms with van der Waals surface area (Å²) < 4.78 is 17.6. The topological polar surface area (TPSA) is 60.0 Å². The van der Waals surface area contributed by atoms with Gasteiger partial charge < -0.3 is 5.11 Å². The molecule has 190 valence electrons. The maximum Gasteiger partial charge on any atom is 0.265 e. The molecule has 0 aliphatic heterocycles. The van der Waals surface area contributed by atoms with Crippen LogP contribution in [0.5, 0.6) is 0 Å². The van der Waals surface area contributed by atoms with Gasteiger partial charge in [0.25, 0.3) is 5.91 Å². The highest BCUT2D eigenvalue weighted by Gasteiger charge is 2.50. The molecule has 1 saturated carbocycles. The van der Waals surface area contributed by atoms with E-state index in [0.717, 1.165) is 18.4 Å². The van der Waals surface area contributed by atoms with Gasteiger partial charge in [-0.05, 0) is 79.4 Å². The summed E-state index contributed by atoms with van der Waals surface area (Å²) in [5, 5.41) is 17.6. The van der Waals surface area contributed by atoms with Crippen LogP contribution in [0.1, 0.15) is 45.8 Å². The molecule has 0 spiro atoms. The fourth-order valence-electron chi connectivity index (χ4n) is 4.92. The van der Waals surface area contributed by atoms with Crippen molar-refractivity contribution in [3.8, 4) is 0 Å². The molecule has 5 nitrogen and oxygen atoms in total. The molecule has 2 atom stereocenters. The van der Waals surface area contributed by atoms with Crippen LogP contribution in [0, 0.1) is 23.4 Å². The van der Waals surface area contributed by atoms with Gasteiger partial charge in [0, 0.05) is 27.1 Å². The van der Waals surface area contributed by atoms with Gasteiger partial charge in [0.1, 0.15) is 17.7 Å². The average Bonchev–Trinajstić information content (AvgIpc) is 3.65. The molecule has 0 saturated heterocycles. The van der Waals surface area contributed by atoms with Crippen LogP contribution >= 0.6 is 35.4 Å². The van der Waals surface area contributed by atoms with Gasteiger partial charge in [0.2, 0.25) is 4.77 Å². The Morgan fingerprint density at radius 1 is 1.14 bits per heavy atom. The van der Waals surface area contributed by atoms with E-state index in [1.54, 1.807) is 37.3 Å². The van der Waals surface area contributed by atoms with E-state index in [4.69, 9.17) is 35.4 Å². The molecule has 2 unspecified atom stereocenters. The summed E-state index contributed by atoms with van der Waals surface area (Å²) in [6, 6.07) is 18.8. The minimum Gasteiger partial charge on any atom is -0.382 e. The number of aliphatic hydroxyl groups is 1. The Balaban J connectivity index is 1.65. The van der Waals surface area contributed by atoms with Gasteiger partial charge in [-0.15, -0.1) is 0 Å². The second kappa shape index (κ2) is 10.1. The van der Waals surface area contributed by atoms with E-state index in [1.165, 1.54) is 27.7 Å². The Bertz CT molecular complexity index is 1530. The van der Waals surface area contributed by atoms with Crippen molar-refractivity contribution in [2.45, 2.75) is 37.8 Å². The number of rotatable bonds is 7. The third kappa shape index (κ3) is 4.89. The van der Waals surface area contributed by atoms with Crippen LogP contribution < -0.4 is 0 Å². The van der Waals surface area contributed by atoms with Crippen LogP contribution in [0.3, 0.4) is 0 Å². The summed E-state index contributed by atoms with van der Waals surface area (Å²) in [4.78, 5) is 13.1. The molecule has 1 fully saturated rings. The highest BCUT2D eigenvalue weighted by atomic mass is 35.5. The largest absolute Gasteiger partial charge is 0.382 e. The molecule has 0 bridgehead atoms. The van der Waals surface area contributed by atoms with E-state index in [1.807, 2.05) is 24.3 Å². The van der Waals surface area contributed by atoms with Crippen molar-refractivity contribution >= 4 is 41.3 Å². The first-order valence-electron chi connectivity index (χ1n) is 11.9. The summed E-state index contributed by atoms with van der Waals surface area (Å²) in [7, 11) is 0. The molecule has 3 aromatic carbocycles. The number of halogens is 3. The number of hydrogen-bond acceptors (Lipinski definition) is 4. The van der Waals surface area contributed by atoms with E-state index in [2.05, 4.69) is 5.10 Å². The molecular weight excluding hydrogens is 532 g/mol. The third-order valence-corrected chi connectivity index (χ3v) is 7.99. The summed E-state index contributed by atoms with van der Waals surface area (Å²) >= 11 is 18.9. The lowest BCUT2D eigenvalue weighted by atomic mass is 9.74. The third-order valence-electron chi connectivity index (χ3n) is 6.93. The maximum atomic E-state index is 14.9. The number of aryl methyl sites for hydroxylation is 1. The fourth-order valence-corrected chi connectivity index (χ4v) is 5.80. The van der Waals surface area contributed by atoms with Crippen molar-refractivity contribution in [2.24, 2.45) is 5.92 Å². The molecule has 37 heavy (non-hydrogen) atoms. The first kappa shape index (κ1) is 25.8. The van der Waals surface area contributed by atoms with Crippen molar-refractivity contribution in [1.29, 1.82) is 0 Å². The van der Waals surface area contributed by atoms with E-state index in [0.29, 0.717) is 16.1 Å². The lowest BCUT2D eigenvalue weighted by Gasteiger charge is -2.38. The van der Waals surface area contributed by atoms with Crippen molar-refractivity contribution in [3.63, 3.8) is 0 Å². The van der Waals surface area contributed by atoms with Gasteiger partial charge >= 0.3 is 0 Å². The lowest BCUT2D eigenvalue weighted by Crippen LogP contribution is -2.40. The monoisotopic (exact) mass is 555 g/mol. The van der Waals surface area contributed by atoms with Crippen LogP contribution in [-0.4, -0.2) is 25.4 Å². The zero-order valence-electron chi connectivity index (χ0n) is 19.9. The van der Waals surface area contributed by atoms with E-state index < -0.39 is 17.3 Å². The first-order chi connectivity index (χ1) is 17.7. The van der Waals surface area contributed by atoms with Crippen molar-refractivity contribution < 1.29 is 14.3 Å². The number of nitrogens with zero attached hydrogens (tertiary/aromatic N) is 3. The summed E-state index contributed by atoms with van der Waals surface area (Å²) in [5.41, 5.74) is 0.0398. The number of benzene rings is 3. The Kier molecular flexibility index (Phi) is 7.07. The van der Waals surface area contributed by atoms with Crippen molar-refractivity contribution in [1.82, 2.24) is 14.3 Å². The highest BCUT2D eigenvalue weighted by Crippen LogP contribution is 2.54. The molecular formula is C28H24Cl2FN3O2S. The van der Waals surface area contributed by atoms with Crippen molar-refractivity contribution in [2.75, 3.05) is 0 Å². The normalized spacial score (nSPS) is 15.8. The fraction of sp³-hybridized carbons (Fsp3) is 0.250. The van der Waals surface area contributed by atoms with Gasteiger partial charge in [0.15, 0.2) is 0 Å². The first-order valence-corrected chi connectivity index (χ1v) is 13.0. The quantitative estimate of drug-likeness (QED) is 0.251. The molecule has 1 heterocycles. The molecule has 1 aliphatic rings. The molecule has 0 radical (unpaired) electrons. The zero-order chi connectivity index (χ0) is 26.3. The zero-order valence-corrected chi connectivity index (χ0v) is 22.3. The average molecular weight is 556 g/mol. The second-order valence-electron chi connectivity index (χ2n) is 9.45. The van der Waals surface area contributed by atoms with E-state index in [-0.39, 0.29) is 33.7 Å². The van der Waals surface area contributed by atoms with Gasteiger partial charge in [-0.3, -0.25) is 4.79 Å². The highest BCUT2D eigenvalue weighted by molar-refractivity contribution is 7.71. The van der Waals surface area contributed by atoms with Crippen LogP contribution in [0.15, 0.2) is 73.1 Å². The Morgan fingerprint density at radius 2 is 1.81 bits per heavy atom. The predicted octanol–water partition coefficient (Wildman–Crippen LogP) is 6.94. The molecule has 1 aromatic heterocycles. The minimum atomic E-state index is -1.73. The van der Waals surface area contributed by atoms with E-state index >= 15 is 0 Å². The lowest BCUT2D eigenvalue weighted by molar-refractivity contribution is -0.0208. The van der Waals surface area contributed by atoms with Gasteiger partial charge in [-0.25, -0.2) is 13.6 Å². The number of hydrogen-bond donors (Lipinski definition) is 1. The Hall–Kier alpha value is -2.84. The predicted molar refractivity (Wildman–Crippen MR) is 144 cm³/mol. The van der Waals surface area contributed by atoms with Crippen LogP contribution in [-0.2, 0) is 12.1 Å². The number of aromatic nitrogens is 3. The van der Waals surface area contributed by atoms with Gasteiger partial charge in [-0.1, -0.05) is 59.6 Å². The van der Waals surface area contributed by atoms with E-state index in [9.17, 15) is 14.3 Å². The second-order valence-corrected chi connectivity index (χ2v) is 10.6.